The van der Waals surface area contributed by atoms with Crippen LogP contribution < -0.4 is 10.1 Å². The molecule has 1 N–H and O–H groups in total. The van der Waals surface area contributed by atoms with Crippen LogP contribution in [0.1, 0.15) is 18.1 Å². The summed E-state index contributed by atoms with van der Waals surface area (Å²) in [6.07, 6.45) is 0.331. The van der Waals surface area contributed by atoms with Gasteiger partial charge in [0.25, 0.3) is 0 Å². The number of fused-ring (bicyclic) bond motifs is 1. The number of nitrogens with one attached hydrogen (secondary N) is 1. The number of hydrogen-bond donors (Lipinski definition) is 1. The van der Waals surface area contributed by atoms with Gasteiger partial charge in [-0.05, 0) is 48.7 Å². The molecule has 1 aliphatic heterocycles. The second-order valence-corrected chi connectivity index (χ2v) is 10.3. The molecule has 162 valence electrons. The lowest BCUT2D eigenvalue weighted by molar-refractivity contribution is -0.120. The van der Waals surface area contributed by atoms with Crippen LogP contribution in [0.4, 0.5) is 5.13 Å². The molecule has 1 aromatic heterocycles. The average Bonchev–Trinajstić information content (AvgIpc) is 3.26. The summed E-state index contributed by atoms with van der Waals surface area (Å²) in [5.41, 5.74) is 3.55. The Bertz CT molecular complexity index is 1190. The van der Waals surface area contributed by atoms with Crippen molar-refractivity contribution < 1.29 is 17.9 Å². The summed E-state index contributed by atoms with van der Waals surface area (Å²) < 4.78 is 31.9. The van der Waals surface area contributed by atoms with Crippen LogP contribution in [0, 0.1) is 0 Å². The number of nitrogens with zero attached hydrogens (tertiary/aromatic N) is 2. The highest BCUT2D eigenvalue weighted by molar-refractivity contribution is 7.89. The van der Waals surface area contributed by atoms with E-state index in [0.29, 0.717) is 11.6 Å². The molecular weight excluding hydrogens is 434 g/mol. The lowest BCUT2D eigenvalue weighted by atomic mass is 9.95. The summed E-state index contributed by atoms with van der Waals surface area (Å²) in [4.78, 5) is 17.6. The number of benzene rings is 2. The van der Waals surface area contributed by atoms with Gasteiger partial charge in [0.2, 0.25) is 15.9 Å². The third-order valence-corrected chi connectivity index (χ3v) is 7.94. The minimum atomic E-state index is -3.55. The average molecular weight is 458 g/mol. The van der Waals surface area contributed by atoms with Crippen molar-refractivity contribution in [3.05, 3.63) is 65.0 Å². The van der Waals surface area contributed by atoms with Crippen molar-refractivity contribution in [2.24, 2.45) is 0 Å². The van der Waals surface area contributed by atoms with Crippen LogP contribution in [0.2, 0.25) is 0 Å². The number of amides is 1. The first kappa shape index (κ1) is 21.5. The quantitative estimate of drug-likeness (QED) is 0.612. The van der Waals surface area contributed by atoms with Gasteiger partial charge in [0.05, 0.1) is 18.6 Å². The zero-order valence-corrected chi connectivity index (χ0v) is 18.9. The second-order valence-electron chi connectivity index (χ2n) is 7.19. The van der Waals surface area contributed by atoms with E-state index in [9.17, 15) is 13.2 Å². The molecule has 1 atom stereocenters. The molecule has 9 heteroatoms. The molecule has 0 bridgehead atoms. The van der Waals surface area contributed by atoms with Crippen LogP contribution in [0.25, 0.3) is 11.3 Å². The minimum Gasteiger partial charge on any atom is -0.497 e. The van der Waals surface area contributed by atoms with E-state index in [2.05, 4.69) is 10.3 Å². The van der Waals surface area contributed by atoms with E-state index in [4.69, 9.17) is 4.74 Å². The molecule has 0 fully saturated rings. The Morgan fingerprint density at radius 3 is 2.58 bits per heavy atom. The van der Waals surface area contributed by atoms with E-state index >= 15 is 0 Å². The monoisotopic (exact) mass is 457 g/mol. The first-order valence-corrected chi connectivity index (χ1v) is 12.4. The first-order chi connectivity index (χ1) is 14.9. The molecule has 2 aromatic carbocycles. The van der Waals surface area contributed by atoms with Gasteiger partial charge < -0.3 is 10.1 Å². The highest BCUT2D eigenvalue weighted by Crippen LogP contribution is 2.29. The topological polar surface area (TPSA) is 88.6 Å². The van der Waals surface area contributed by atoms with E-state index in [-0.39, 0.29) is 18.2 Å². The molecule has 31 heavy (non-hydrogen) atoms. The first-order valence-electron chi connectivity index (χ1n) is 9.88. The van der Waals surface area contributed by atoms with Crippen LogP contribution >= 0.6 is 11.3 Å². The molecule has 0 aliphatic carbocycles. The van der Waals surface area contributed by atoms with Gasteiger partial charge in [-0.2, -0.15) is 4.31 Å². The van der Waals surface area contributed by atoms with E-state index < -0.39 is 16.1 Å². The van der Waals surface area contributed by atoms with Crippen molar-refractivity contribution >= 4 is 32.4 Å². The lowest BCUT2D eigenvalue weighted by Crippen LogP contribution is -2.51. The Morgan fingerprint density at radius 1 is 1.19 bits per heavy atom. The summed E-state index contributed by atoms with van der Waals surface area (Å²) in [6, 6.07) is 14.3. The van der Waals surface area contributed by atoms with Gasteiger partial charge in [0, 0.05) is 17.5 Å². The minimum absolute atomic E-state index is 0.0577. The summed E-state index contributed by atoms with van der Waals surface area (Å²) >= 11 is 1.30. The van der Waals surface area contributed by atoms with E-state index in [1.54, 1.807) is 14.0 Å². The second kappa shape index (κ2) is 8.78. The van der Waals surface area contributed by atoms with Gasteiger partial charge in [-0.1, -0.05) is 24.3 Å². The number of carbonyl (C=O) groups is 1. The molecule has 0 spiro atoms. The number of thiazole rings is 1. The summed E-state index contributed by atoms with van der Waals surface area (Å²) in [5, 5.41) is 5.11. The van der Waals surface area contributed by atoms with Gasteiger partial charge in [0.15, 0.2) is 5.13 Å². The Balaban J connectivity index is 1.56. The van der Waals surface area contributed by atoms with Crippen molar-refractivity contribution in [2.75, 3.05) is 18.2 Å². The molecule has 3 aromatic rings. The van der Waals surface area contributed by atoms with Crippen LogP contribution in [-0.2, 0) is 27.8 Å². The van der Waals surface area contributed by atoms with Gasteiger partial charge in [-0.3, -0.25) is 4.79 Å². The van der Waals surface area contributed by atoms with Gasteiger partial charge in [0.1, 0.15) is 11.8 Å². The normalized spacial score (nSPS) is 16.5. The molecule has 0 saturated carbocycles. The summed E-state index contributed by atoms with van der Waals surface area (Å²) in [7, 11) is -1.94. The summed E-state index contributed by atoms with van der Waals surface area (Å²) in [6.45, 7) is 1.78. The van der Waals surface area contributed by atoms with E-state index in [0.717, 1.165) is 28.1 Å². The predicted octanol–water partition coefficient (Wildman–Crippen LogP) is 3.53. The maximum Gasteiger partial charge on any atom is 0.244 e. The van der Waals surface area contributed by atoms with Crippen molar-refractivity contribution in [3.63, 3.8) is 0 Å². The molecule has 2 heterocycles. The Kier molecular flexibility index (Phi) is 6.08. The van der Waals surface area contributed by atoms with Gasteiger partial charge in [-0.15, -0.1) is 11.3 Å². The van der Waals surface area contributed by atoms with Crippen molar-refractivity contribution in [2.45, 2.75) is 25.9 Å². The van der Waals surface area contributed by atoms with Crippen LogP contribution in [0.5, 0.6) is 5.75 Å². The largest absolute Gasteiger partial charge is 0.497 e. The number of hydrogen-bond acceptors (Lipinski definition) is 6. The van der Waals surface area contributed by atoms with Crippen molar-refractivity contribution in [3.8, 4) is 17.0 Å². The molecule has 1 amide bonds. The van der Waals surface area contributed by atoms with Crippen LogP contribution in [-0.4, -0.2) is 42.5 Å². The summed E-state index contributed by atoms with van der Waals surface area (Å²) in [5.74, 6) is 0.321. The Labute approximate surface area is 185 Å². The van der Waals surface area contributed by atoms with Gasteiger partial charge >= 0.3 is 0 Å². The smallest absolute Gasteiger partial charge is 0.244 e. The fraction of sp³-hybridized carbons (Fsp3) is 0.273. The molecule has 7 nitrogen and oxygen atoms in total. The number of anilines is 1. The fourth-order valence-corrected chi connectivity index (χ4v) is 5.54. The molecule has 0 saturated heterocycles. The van der Waals surface area contributed by atoms with Gasteiger partial charge in [-0.25, -0.2) is 13.4 Å². The fourth-order valence-electron chi connectivity index (χ4n) is 3.59. The number of methoxy groups -OCH3 is 1. The molecular formula is C22H23N3O4S2. The number of carbonyl (C=O) groups excluding carboxylic acids is 1. The number of ether oxygens (including phenoxy) is 1. The van der Waals surface area contributed by atoms with Crippen LogP contribution in [0.15, 0.2) is 53.9 Å². The third kappa shape index (κ3) is 4.48. The number of sulfonamides is 1. The van der Waals surface area contributed by atoms with Crippen molar-refractivity contribution in [1.82, 2.24) is 9.29 Å². The maximum absolute atomic E-state index is 13.1. The van der Waals surface area contributed by atoms with Crippen molar-refractivity contribution in [1.29, 1.82) is 0 Å². The maximum atomic E-state index is 13.1. The predicted molar refractivity (Wildman–Crippen MR) is 122 cm³/mol. The molecule has 1 unspecified atom stereocenters. The molecule has 4 rings (SSSR count). The highest BCUT2D eigenvalue weighted by atomic mass is 32.2. The third-order valence-electron chi connectivity index (χ3n) is 5.35. The van der Waals surface area contributed by atoms with E-state index in [1.165, 1.54) is 15.6 Å². The molecule has 0 radical (unpaired) electrons. The molecule has 1 aliphatic rings. The highest BCUT2D eigenvalue weighted by Gasteiger charge is 2.38. The number of aromatic nitrogens is 1. The zero-order chi connectivity index (χ0) is 22.0. The zero-order valence-electron chi connectivity index (χ0n) is 17.2. The Morgan fingerprint density at radius 2 is 1.90 bits per heavy atom. The lowest BCUT2D eigenvalue weighted by Gasteiger charge is -2.34. The SMILES string of the molecule is CCS(=O)(=O)N1Cc2ccccc2CC1C(=O)Nc1nc(-c2ccc(OC)cc2)cs1. The van der Waals surface area contributed by atoms with Crippen LogP contribution in [0.3, 0.4) is 0 Å². The Hall–Kier alpha value is -2.75. The standard InChI is InChI=1S/C22H23N3O4S2/c1-3-31(27,28)25-13-17-7-5-4-6-16(17)12-20(25)21(26)24-22-23-19(14-30-22)15-8-10-18(29-2)11-9-15/h4-11,14,20H,3,12-13H2,1-2H3,(H,23,24,26). The van der Waals surface area contributed by atoms with E-state index in [1.807, 2.05) is 53.9 Å². The number of rotatable bonds is 6.